The molecule has 102 heavy (non-hydrogen) atoms. The third-order valence-corrected chi connectivity index (χ3v) is 21.4. The average Bonchev–Trinajstić information content (AvgIpc) is 1.59. The molecule has 1 unspecified atom stereocenters. The molecule has 5 aromatic heterocycles. The molecule has 0 amide bonds. The summed E-state index contributed by atoms with van der Waals surface area (Å²) < 4.78 is 19.5. The highest BCUT2D eigenvalue weighted by atomic mass is 16.3. The number of benzene rings is 16. The maximum Gasteiger partial charge on any atom is 0.136 e. The van der Waals surface area contributed by atoms with Gasteiger partial charge in [-0.2, -0.15) is 0 Å². The summed E-state index contributed by atoms with van der Waals surface area (Å²) in [7, 11) is 0. The van der Waals surface area contributed by atoms with E-state index in [1.54, 1.807) is 0 Å². The summed E-state index contributed by atoms with van der Waals surface area (Å²) in [6.45, 7) is 0. The van der Waals surface area contributed by atoms with Crippen LogP contribution in [0.4, 0.5) is 0 Å². The van der Waals surface area contributed by atoms with Crippen LogP contribution in [0.3, 0.4) is 0 Å². The van der Waals surface area contributed by atoms with E-state index >= 15 is 0 Å². The topological polar surface area (TPSA) is 41.1 Å². The fourth-order valence-corrected chi connectivity index (χ4v) is 16.7. The zero-order chi connectivity index (χ0) is 66.9. The minimum absolute atomic E-state index is 0.162. The number of rotatable bonds is 8. The van der Waals surface area contributed by atoms with Crippen LogP contribution >= 0.6 is 0 Å². The molecule has 1 aliphatic carbocycles. The van der Waals surface area contributed by atoms with Gasteiger partial charge < -0.3 is 22.5 Å². The van der Waals surface area contributed by atoms with E-state index in [-0.39, 0.29) is 5.92 Å². The van der Waals surface area contributed by atoms with Crippen molar-refractivity contribution in [2.75, 3.05) is 0 Å². The summed E-state index contributed by atoms with van der Waals surface area (Å²) in [6, 6.07) is 132. The van der Waals surface area contributed by atoms with Gasteiger partial charge in [0.1, 0.15) is 22.3 Å². The Morgan fingerprint density at radius 2 is 0.559 bits per heavy atom. The van der Waals surface area contributed by atoms with E-state index < -0.39 is 0 Å². The van der Waals surface area contributed by atoms with Crippen molar-refractivity contribution in [1.82, 2.24) is 13.7 Å². The zero-order valence-corrected chi connectivity index (χ0v) is 55.4. The van der Waals surface area contributed by atoms with Crippen LogP contribution in [-0.2, 0) is 0 Å². The number of para-hydroxylation sites is 7. The number of aromatic nitrogens is 3. The number of hydrogen-bond acceptors (Lipinski definition) is 2. The average molecular weight is 1300 g/mol. The smallest absolute Gasteiger partial charge is 0.136 e. The van der Waals surface area contributed by atoms with Crippen molar-refractivity contribution in [3.63, 3.8) is 0 Å². The van der Waals surface area contributed by atoms with Crippen LogP contribution in [0.5, 0.6) is 0 Å². The Bertz CT molecular complexity index is 6960. The van der Waals surface area contributed by atoms with Gasteiger partial charge in [0.05, 0.1) is 33.1 Å². The SMILES string of the molecule is c1ccc(-n2c3ccccc3c3cc(-c4ccc5c(c4)-c4ccccc4C5c4cccc(-c5ccc6oc7ccccc7c6c5)c4)ccc32)cc1.c1ccc(-n2c3ccccc3c3cc(-c4ccc5c(c4)c4ccccc4n5-c4cccc(-c5ccc6c(c5)oc5ccccc56)c4)ccc32)cc1. The number of nitrogens with zero attached hydrogens (tertiary/aromatic N) is 3. The third kappa shape index (κ3) is 9.18. The van der Waals surface area contributed by atoms with Crippen LogP contribution in [0.2, 0.25) is 0 Å². The van der Waals surface area contributed by atoms with Crippen LogP contribution in [-0.4, -0.2) is 13.7 Å². The first kappa shape index (κ1) is 57.6. The molecule has 0 saturated carbocycles. The highest BCUT2D eigenvalue weighted by Gasteiger charge is 2.31. The fourth-order valence-electron chi connectivity index (χ4n) is 16.7. The molecule has 0 N–H and O–H groups in total. The third-order valence-electron chi connectivity index (χ3n) is 21.4. The van der Waals surface area contributed by atoms with Gasteiger partial charge in [0.2, 0.25) is 0 Å². The molecule has 22 rings (SSSR count). The molecule has 1 atom stereocenters. The summed E-state index contributed by atoms with van der Waals surface area (Å²) in [5.41, 5.74) is 30.6. The van der Waals surface area contributed by atoms with Gasteiger partial charge in [0.25, 0.3) is 0 Å². The molecule has 0 saturated heterocycles. The summed E-state index contributed by atoms with van der Waals surface area (Å²) in [5, 5.41) is 12.1. The van der Waals surface area contributed by atoms with E-state index in [0.29, 0.717) is 0 Å². The van der Waals surface area contributed by atoms with Gasteiger partial charge in [-0.05, 0) is 206 Å². The van der Waals surface area contributed by atoms with Crippen molar-refractivity contribution in [3.05, 3.63) is 381 Å². The molecule has 21 aromatic rings. The second-order valence-electron chi connectivity index (χ2n) is 27.0. The summed E-state index contributed by atoms with van der Waals surface area (Å²) in [5.74, 6) is 0.162. The second kappa shape index (κ2) is 23.1. The van der Waals surface area contributed by atoms with Gasteiger partial charge >= 0.3 is 0 Å². The number of fused-ring (bicyclic) bond motifs is 18. The van der Waals surface area contributed by atoms with Gasteiger partial charge in [-0.25, -0.2) is 0 Å². The van der Waals surface area contributed by atoms with Gasteiger partial charge in [-0.1, -0.05) is 231 Å². The second-order valence-corrected chi connectivity index (χ2v) is 27.0. The quantitative estimate of drug-likeness (QED) is 0.152. The lowest BCUT2D eigenvalue weighted by Gasteiger charge is -2.16. The molecule has 0 fully saturated rings. The fraction of sp³-hybridized carbons (Fsp3) is 0.0103. The van der Waals surface area contributed by atoms with Gasteiger partial charge in [0.15, 0.2) is 0 Å². The highest BCUT2D eigenvalue weighted by molar-refractivity contribution is 6.14. The number of hydrogen-bond donors (Lipinski definition) is 0. The zero-order valence-electron chi connectivity index (χ0n) is 55.4. The van der Waals surface area contributed by atoms with Gasteiger partial charge in [0, 0.05) is 76.8 Å². The van der Waals surface area contributed by atoms with E-state index in [4.69, 9.17) is 8.83 Å². The molecule has 16 aromatic carbocycles. The van der Waals surface area contributed by atoms with Crippen molar-refractivity contribution >= 4 is 109 Å². The van der Waals surface area contributed by atoms with Crippen molar-refractivity contribution in [3.8, 4) is 72.7 Å². The standard InChI is InChI=1S/C49H31NO.C48H30N2O/c1-2-13-36(14-3-1)50-45-19-8-6-16-38(45)43-29-33(22-25-46(43)50)32-21-24-41-42(28-32)37-15-4-5-18-40(37)49(41)35-12-10-11-31(27-35)34-23-26-48-44(30-34)39-17-7-9-20-47(39)51-48;1-2-12-35(13-3-1)49-43-18-7-4-15-37(43)41-28-32(22-25-45(41)49)33-23-26-46-42(29-33)38-16-5-8-19-44(38)50(46)36-14-10-11-31(27-36)34-21-24-40-39-17-6-9-20-47(39)51-48(40)30-34/h1-30,49H;1-30H. The van der Waals surface area contributed by atoms with Crippen molar-refractivity contribution in [2.45, 2.75) is 5.92 Å². The Kier molecular flexibility index (Phi) is 13.0. The molecule has 5 nitrogen and oxygen atoms in total. The molecule has 0 bridgehead atoms. The first-order valence-electron chi connectivity index (χ1n) is 35.1. The van der Waals surface area contributed by atoms with Gasteiger partial charge in [-0.15, -0.1) is 0 Å². The molecule has 5 heteroatoms. The Morgan fingerprint density at radius 1 is 0.186 bits per heavy atom. The maximum atomic E-state index is 6.24. The lowest BCUT2D eigenvalue weighted by atomic mass is 9.87. The van der Waals surface area contributed by atoms with Crippen molar-refractivity contribution in [2.24, 2.45) is 0 Å². The van der Waals surface area contributed by atoms with E-state index in [1.165, 1.54) is 138 Å². The number of furan rings is 2. The summed E-state index contributed by atoms with van der Waals surface area (Å²) in [6.07, 6.45) is 0. The Labute approximate surface area is 587 Å². The van der Waals surface area contributed by atoms with Crippen LogP contribution in [0.25, 0.3) is 182 Å². The normalized spacial score (nSPS) is 12.8. The van der Waals surface area contributed by atoms with Gasteiger partial charge in [-0.3, -0.25) is 0 Å². The van der Waals surface area contributed by atoms with Crippen molar-refractivity contribution < 1.29 is 8.83 Å². The minimum atomic E-state index is 0.162. The molecule has 0 aliphatic heterocycles. The maximum absolute atomic E-state index is 6.24. The van der Waals surface area contributed by atoms with E-state index in [2.05, 4.69) is 353 Å². The van der Waals surface area contributed by atoms with Crippen LogP contribution in [0, 0.1) is 0 Å². The Balaban J connectivity index is 0.000000133. The van der Waals surface area contributed by atoms with E-state index in [1.807, 2.05) is 24.3 Å². The first-order valence-corrected chi connectivity index (χ1v) is 35.1. The lowest BCUT2D eigenvalue weighted by molar-refractivity contribution is 0.668. The largest absolute Gasteiger partial charge is 0.456 e. The molecule has 1 aliphatic rings. The molecule has 5 heterocycles. The van der Waals surface area contributed by atoms with Crippen LogP contribution in [0.15, 0.2) is 373 Å². The predicted octanol–water partition coefficient (Wildman–Crippen LogP) is 26.3. The van der Waals surface area contributed by atoms with Crippen LogP contribution < -0.4 is 0 Å². The van der Waals surface area contributed by atoms with E-state index in [0.717, 1.165) is 60.7 Å². The summed E-state index contributed by atoms with van der Waals surface area (Å²) >= 11 is 0. The summed E-state index contributed by atoms with van der Waals surface area (Å²) in [4.78, 5) is 0. The Morgan fingerprint density at radius 3 is 1.16 bits per heavy atom. The molecule has 476 valence electrons. The first-order chi connectivity index (χ1) is 50.6. The van der Waals surface area contributed by atoms with Crippen molar-refractivity contribution in [1.29, 1.82) is 0 Å². The predicted molar refractivity (Wildman–Crippen MR) is 425 cm³/mol. The monoisotopic (exact) mass is 1300 g/mol. The molecular formula is C97H61N3O2. The minimum Gasteiger partial charge on any atom is -0.456 e. The van der Waals surface area contributed by atoms with E-state index in [9.17, 15) is 0 Å². The lowest BCUT2D eigenvalue weighted by Crippen LogP contribution is -1.99. The Hall–Kier alpha value is -13.5. The molecular weight excluding hydrogens is 1240 g/mol. The highest BCUT2D eigenvalue weighted by Crippen LogP contribution is 2.51. The molecule has 0 spiro atoms. The van der Waals surface area contributed by atoms with Crippen LogP contribution in [0.1, 0.15) is 22.6 Å². The molecule has 0 radical (unpaired) electrons.